The normalized spacial score (nSPS) is 10.5. The number of anilines is 1. The molecular weight excluding hydrogens is 356 g/mol. The molecule has 22 heavy (non-hydrogen) atoms. The summed E-state index contributed by atoms with van der Waals surface area (Å²) in [4.78, 5) is 34.5. The second-order valence-electron chi connectivity index (χ2n) is 4.30. The molecule has 0 amide bonds. The SMILES string of the molecule is CCOC(=O)C(=O)c1c([N+](=O)[O-])c(N)c(Br)c2ccccc12. The van der Waals surface area contributed by atoms with Crippen molar-refractivity contribution in [1.29, 1.82) is 0 Å². The van der Waals surface area contributed by atoms with Crippen molar-refractivity contribution < 1.29 is 19.2 Å². The Bertz CT molecular complexity index is 803. The van der Waals surface area contributed by atoms with E-state index in [-0.39, 0.29) is 23.2 Å². The number of fused-ring (bicyclic) bond motifs is 1. The van der Waals surface area contributed by atoms with E-state index in [1.165, 1.54) is 13.0 Å². The molecule has 0 spiro atoms. The van der Waals surface area contributed by atoms with Crippen LogP contribution in [0.2, 0.25) is 0 Å². The molecule has 0 aliphatic rings. The minimum Gasteiger partial charge on any atom is -0.460 e. The topological polar surface area (TPSA) is 113 Å². The van der Waals surface area contributed by atoms with Gasteiger partial charge in [-0.15, -0.1) is 0 Å². The van der Waals surface area contributed by atoms with Crippen molar-refractivity contribution in [2.75, 3.05) is 12.3 Å². The second-order valence-corrected chi connectivity index (χ2v) is 5.10. The van der Waals surface area contributed by atoms with Crippen molar-refractivity contribution in [2.24, 2.45) is 0 Å². The van der Waals surface area contributed by atoms with E-state index in [9.17, 15) is 19.7 Å². The first-order valence-corrected chi connectivity index (χ1v) is 7.04. The van der Waals surface area contributed by atoms with Crippen LogP contribution in [-0.2, 0) is 9.53 Å². The van der Waals surface area contributed by atoms with Crippen LogP contribution >= 0.6 is 15.9 Å². The fraction of sp³-hybridized carbons (Fsp3) is 0.143. The Labute approximate surface area is 133 Å². The van der Waals surface area contributed by atoms with Crippen LogP contribution in [0.1, 0.15) is 17.3 Å². The number of ketones is 1. The number of esters is 1. The first-order chi connectivity index (χ1) is 10.4. The van der Waals surface area contributed by atoms with Gasteiger partial charge in [0.2, 0.25) is 0 Å². The summed E-state index contributed by atoms with van der Waals surface area (Å²) in [6.07, 6.45) is 0. The van der Waals surface area contributed by atoms with E-state index >= 15 is 0 Å². The van der Waals surface area contributed by atoms with E-state index in [1.54, 1.807) is 18.2 Å². The zero-order valence-electron chi connectivity index (χ0n) is 11.5. The maximum Gasteiger partial charge on any atom is 0.379 e. The third kappa shape index (κ3) is 2.52. The molecular formula is C14H11BrN2O5. The van der Waals surface area contributed by atoms with E-state index in [0.717, 1.165) is 0 Å². The molecule has 0 unspecified atom stereocenters. The quantitative estimate of drug-likeness (QED) is 0.222. The lowest BCUT2D eigenvalue weighted by Gasteiger charge is -2.11. The molecule has 0 fully saturated rings. The lowest BCUT2D eigenvalue weighted by Crippen LogP contribution is -2.20. The summed E-state index contributed by atoms with van der Waals surface area (Å²) in [5, 5.41) is 12.1. The summed E-state index contributed by atoms with van der Waals surface area (Å²) < 4.78 is 4.95. The number of nitro benzene ring substituents is 1. The van der Waals surface area contributed by atoms with Crippen LogP contribution < -0.4 is 5.73 Å². The molecule has 0 radical (unpaired) electrons. The number of nitro groups is 1. The van der Waals surface area contributed by atoms with Crippen molar-refractivity contribution in [3.63, 3.8) is 0 Å². The fourth-order valence-electron chi connectivity index (χ4n) is 2.12. The Morgan fingerprint density at radius 1 is 1.32 bits per heavy atom. The average molecular weight is 367 g/mol. The van der Waals surface area contributed by atoms with Gasteiger partial charge in [0, 0.05) is 5.39 Å². The lowest BCUT2D eigenvalue weighted by molar-refractivity contribution is -0.384. The van der Waals surface area contributed by atoms with Gasteiger partial charge in [0.05, 0.1) is 16.0 Å². The number of nitrogens with zero attached hydrogens (tertiary/aromatic N) is 1. The predicted octanol–water partition coefficient (Wildman–Crippen LogP) is 2.84. The largest absolute Gasteiger partial charge is 0.460 e. The molecule has 2 N–H and O–H groups in total. The van der Waals surface area contributed by atoms with Gasteiger partial charge in [-0.25, -0.2) is 4.79 Å². The van der Waals surface area contributed by atoms with Crippen molar-refractivity contribution in [2.45, 2.75) is 6.92 Å². The van der Waals surface area contributed by atoms with E-state index in [1.807, 2.05) is 0 Å². The molecule has 0 atom stereocenters. The van der Waals surface area contributed by atoms with Gasteiger partial charge in [-0.2, -0.15) is 0 Å². The molecule has 8 heteroatoms. The maximum atomic E-state index is 12.3. The number of halogens is 1. The molecule has 0 bridgehead atoms. The number of nitrogens with two attached hydrogens (primary N) is 1. The number of rotatable bonds is 4. The second kappa shape index (κ2) is 6.10. The Morgan fingerprint density at radius 3 is 2.45 bits per heavy atom. The summed E-state index contributed by atoms with van der Waals surface area (Å²) in [6, 6.07) is 6.45. The predicted molar refractivity (Wildman–Crippen MR) is 83.7 cm³/mol. The summed E-state index contributed by atoms with van der Waals surface area (Å²) in [6.45, 7) is 1.52. The van der Waals surface area contributed by atoms with Crippen molar-refractivity contribution in [3.8, 4) is 0 Å². The van der Waals surface area contributed by atoms with Gasteiger partial charge in [-0.3, -0.25) is 14.9 Å². The van der Waals surface area contributed by atoms with Crippen LogP contribution in [0.3, 0.4) is 0 Å². The van der Waals surface area contributed by atoms with Crippen LogP contribution in [0.25, 0.3) is 10.8 Å². The maximum absolute atomic E-state index is 12.3. The highest BCUT2D eigenvalue weighted by molar-refractivity contribution is 9.10. The standard InChI is InChI=1S/C14H11BrN2O5/c1-2-22-14(19)13(18)9-7-5-3-4-6-8(7)10(15)11(16)12(9)17(20)21/h3-6H,2,16H2,1H3. The lowest BCUT2D eigenvalue weighted by atomic mass is 9.98. The Balaban J connectivity index is 2.88. The average Bonchev–Trinajstić information content (AvgIpc) is 2.49. The van der Waals surface area contributed by atoms with Crippen molar-refractivity contribution in [1.82, 2.24) is 0 Å². The highest BCUT2D eigenvalue weighted by atomic mass is 79.9. The Hall–Kier alpha value is -2.48. The van der Waals surface area contributed by atoms with E-state index in [0.29, 0.717) is 9.86 Å². The van der Waals surface area contributed by atoms with E-state index < -0.39 is 22.4 Å². The molecule has 0 saturated carbocycles. The van der Waals surface area contributed by atoms with E-state index in [2.05, 4.69) is 20.7 Å². The Morgan fingerprint density at radius 2 is 1.91 bits per heavy atom. The Kier molecular flexibility index (Phi) is 4.41. The summed E-state index contributed by atoms with van der Waals surface area (Å²) >= 11 is 3.19. The zero-order valence-corrected chi connectivity index (χ0v) is 13.0. The molecule has 0 saturated heterocycles. The monoisotopic (exact) mass is 366 g/mol. The highest BCUT2D eigenvalue weighted by Crippen LogP contribution is 2.41. The number of ether oxygens (including phenoxy) is 1. The number of carbonyl (C=O) groups excluding carboxylic acids is 2. The number of carbonyl (C=O) groups is 2. The number of benzene rings is 2. The van der Waals surface area contributed by atoms with Gasteiger partial charge in [0.1, 0.15) is 11.3 Å². The number of Topliss-reactive ketones (excluding diaryl/α,β-unsaturated/α-hetero) is 1. The third-order valence-corrected chi connectivity index (χ3v) is 3.89. The van der Waals surface area contributed by atoms with E-state index in [4.69, 9.17) is 5.73 Å². The third-order valence-electron chi connectivity index (χ3n) is 3.03. The molecule has 0 heterocycles. The highest BCUT2D eigenvalue weighted by Gasteiger charge is 2.33. The van der Waals surface area contributed by atoms with Gasteiger partial charge in [0.15, 0.2) is 0 Å². The first-order valence-electron chi connectivity index (χ1n) is 6.25. The van der Waals surface area contributed by atoms with Crippen molar-refractivity contribution in [3.05, 3.63) is 44.4 Å². The minimum atomic E-state index is -1.16. The zero-order chi connectivity index (χ0) is 16.4. The molecule has 114 valence electrons. The van der Waals surface area contributed by atoms with Crippen LogP contribution in [0, 0.1) is 10.1 Å². The molecule has 0 aliphatic heterocycles. The number of nitrogen functional groups attached to an aromatic ring is 1. The molecule has 0 aliphatic carbocycles. The van der Waals surface area contributed by atoms with Crippen LogP contribution in [0.5, 0.6) is 0 Å². The summed E-state index contributed by atoms with van der Waals surface area (Å²) in [5.74, 6) is -2.25. The van der Waals surface area contributed by atoms with Gasteiger partial charge in [-0.05, 0) is 28.2 Å². The van der Waals surface area contributed by atoms with Gasteiger partial charge >= 0.3 is 11.7 Å². The number of hydrogen-bond donors (Lipinski definition) is 1. The van der Waals surface area contributed by atoms with Crippen LogP contribution in [0.15, 0.2) is 28.7 Å². The van der Waals surface area contributed by atoms with Crippen LogP contribution in [0.4, 0.5) is 11.4 Å². The summed E-state index contributed by atoms with van der Waals surface area (Å²) in [5.41, 5.74) is 4.59. The van der Waals surface area contributed by atoms with Gasteiger partial charge < -0.3 is 10.5 Å². The minimum absolute atomic E-state index is 0.0116. The number of hydrogen-bond acceptors (Lipinski definition) is 6. The van der Waals surface area contributed by atoms with Crippen LogP contribution in [-0.4, -0.2) is 23.3 Å². The molecule has 7 nitrogen and oxygen atoms in total. The smallest absolute Gasteiger partial charge is 0.379 e. The molecule has 2 aromatic carbocycles. The molecule has 0 aromatic heterocycles. The fourth-order valence-corrected chi connectivity index (χ4v) is 2.66. The van der Waals surface area contributed by atoms with Gasteiger partial charge in [-0.1, -0.05) is 24.3 Å². The molecule has 2 aromatic rings. The molecule has 2 rings (SSSR count). The van der Waals surface area contributed by atoms with Crippen molar-refractivity contribution >= 4 is 49.8 Å². The van der Waals surface area contributed by atoms with Gasteiger partial charge in [0.25, 0.3) is 5.78 Å². The summed E-state index contributed by atoms with van der Waals surface area (Å²) in [7, 11) is 0. The first kappa shape index (κ1) is 15.9.